The Balaban J connectivity index is 2.46. The number of aromatic nitrogens is 2. The Labute approximate surface area is 118 Å². The smallest absolute Gasteiger partial charge is 0.267 e. The average Bonchev–Trinajstić information content (AvgIpc) is 2.63. The molecule has 3 N–H and O–H groups in total. The van der Waals surface area contributed by atoms with Crippen molar-refractivity contribution < 1.29 is 8.42 Å². The minimum atomic E-state index is -3.74. The van der Waals surface area contributed by atoms with Crippen LogP contribution in [0.5, 0.6) is 0 Å². The summed E-state index contributed by atoms with van der Waals surface area (Å²) >= 11 is 0. The SMILES string of the molecule is CCc1ccccc1NS(=O)(=O)c1c(N)nn(C)c1C. The van der Waals surface area contributed by atoms with Crippen LogP contribution in [0.4, 0.5) is 11.5 Å². The maximum absolute atomic E-state index is 12.5. The van der Waals surface area contributed by atoms with Crippen LogP contribution in [0, 0.1) is 6.92 Å². The fourth-order valence-corrected chi connectivity index (χ4v) is 3.50. The first-order chi connectivity index (χ1) is 9.36. The van der Waals surface area contributed by atoms with E-state index in [1.807, 2.05) is 19.1 Å². The fourth-order valence-electron chi connectivity index (χ4n) is 2.07. The molecule has 0 saturated carbocycles. The van der Waals surface area contributed by atoms with E-state index in [0.717, 1.165) is 12.0 Å². The second-order valence-corrected chi connectivity index (χ2v) is 6.16. The van der Waals surface area contributed by atoms with Crippen LogP contribution < -0.4 is 10.5 Å². The number of sulfonamides is 1. The summed E-state index contributed by atoms with van der Waals surface area (Å²) < 4.78 is 29.0. The number of benzene rings is 1. The van der Waals surface area contributed by atoms with Gasteiger partial charge in [0.2, 0.25) is 0 Å². The molecule has 1 aromatic carbocycles. The highest BCUT2D eigenvalue weighted by molar-refractivity contribution is 7.93. The number of nitrogens with zero attached hydrogens (tertiary/aromatic N) is 2. The van der Waals surface area contributed by atoms with Crippen LogP contribution in [-0.2, 0) is 23.5 Å². The van der Waals surface area contributed by atoms with E-state index < -0.39 is 10.0 Å². The van der Waals surface area contributed by atoms with E-state index in [-0.39, 0.29) is 10.7 Å². The standard InChI is InChI=1S/C13H18N4O2S/c1-4-10-7-5-6-8-11(10)16-20(18,19)12-9(2)17(3)15-13(12)14/h5-8,16H,4H2,1-3H3,(H2,14,15). The normalized spacial score (nSPS) is 11.6. The molecular formula is C13H18N4O2S. The molecular weight excluding hydrogens is 276 g/mol. The zero-order chi connectivity index (χ0) is 14.9. The molecule has 0 aliphatic carbocycles. The number of rotatable bonds is 4. The number of para-hydroxylation sites is 1. The zero-order valence-electron chi connectivity index (χ0n) is 11.7. The minimum absolute atomic E-state index is 0.00600. The summed E-state index contributed by atoms with van der Waals surface area (Å²) in [6, 6.07) is 7.28. The van der Waals surface area contributed by atoms with Gasteiger partial charge in [0.25, 0.3) is 10.0 Å². The third-order valence-electron chi connectivity index (χ3n) is 3.22. The number of nitrogen functional groups attached to an aromatic ring is 1. The first-order valence-electron chi connectivity index (χ1n) is 6.26. The number of nitrogens with one attached hydrogen (secondary N) is 1. The van der Waals surface area contributed by atoms with E-state index in [0.29, 0.717) is 11.4 Å². The van der Waals surface area contributed by atoms with Gasteiger partial charge in [-0.1, -0.05) is 25.1 Å². The second kappa shape index (κ2) is 5.16. The molecule has 0 bridgehead atoms. The molecule has 0 spiro atoms. The first kappa shape index (κ1) is 14.4. The lowest BCUT2D eigenvalue weighted by Crippen LogP contribution is -2.16. The van der Waals surface area contributed by atoms with Crippen LogP contribution >= 0.6 is 0 Å². The van der Waals surface area contributed by atoms with Crippen LogP contribution in [0.1, 0.15) is 18.2 Å². The molecule has 0 amide bonds. The van der Waals surface area contributed by atoms with Crippen molar-refractivity contribution in [3.8, 4) is 0 Å². The molecule has 0 aliphatic rings. The molecule has 20 heavy (non-hydrogen) atoms. The third-order valence-corrected chi connectivity index (χ3v) is 4.75. The summed E-state index contributed by atoms with van der Waals surface area (Å²) in [6.45, 7) is 3.64. The molecule has 0 radical (unpaired) electrons. The Morgan fingerprint density at radius 2 is 2.00 bits per heavy atom. The minimum Gasteiger partial charge on any atom is -0.381 e. The van der Waals surface area contributed by atoms with Crippen LogP contribution in [0.3, 0.4) is 0 Å². The van der Waals surface area contributed by atoms with E-state index in [9.17, 15) is 8.42 Å². The lowest BCUT2D eigenvalue weighted by Gasteiger charge is -2.11. The van der Waals surface area contributed by atoms with Crippen molar-refractivity contribution in [1.82, 2.24) is 9.78 Å². The maximum Gasteiger partial charge on any atom is 0.267 e. The van der Waals surface area contributed by atoms with Crippen LogP contribution in [0.2, 0.25) is 0 Å². The number of hydrogen-bond acceptors (Lipinski definition) is 4. The highest BCUT2D eigenvalue weighted by Crippen LogP contribution is 2.25. The van der Waals surface area contributed by atoms with E-state index >= 15 is 0 Å². The van der Waals surface area contributed by atoms with Gasteiger partial charge in [0.15, 0.2) is 10.7 Å². The predicted molar refractivity (Wildman–Crippen MR) is 79.0 cm³/mol. The molecule has 0 saturated heterocycles. The Kier molecular flexibility index (Phi) is 3.71. The van der Waals surface area contributed by atoms with E-state index in [4.69, 9.17) is 5.73 Å². The zero-order valence-corrected chi connectivity index (χ0v) is 12.5. The third kappa shape index (κ3) is 2.49. The van der Waals surface area contributed by atoms with Gasteiger partial charge in [-0.15, -0.1) is 0 Å². The lowest BCUT2D eigenvalue weighted by molar-refractivity contribution is 0.600. The van der Waals surface area contributed by atoms with Gasteiger partial charge < -0.3 is 5.73 Å². The molecule has 108 valence electrons. The Hall–Kier alpha value is -2.02. The van der Waals surface area contributed by atoms with Gasteiger partial charge in [-0.05, 0) is 25.0 Å². The van der Waals surface area contributed by atoms with E-state index in [1.54, 1.807) is 26.1 Å². The number of anilines is 2. The number of hydrogen-bond donors (Lipinski definition) is 2. The second-order valence-electron chi connectivity index (χ2n) is 4.54. The molecule has 2 rings (SSSR count). The van der Waals surface area contributed by atoms with Crippen LogP contribution in [-0.4, -0.2) is 18.2 Å². The lowest BCUT2D eigenvalue weighted by atomic mass is 10.1. The Morgan fingerprint density at radius 3 is 2.55 bits per heavy atom. The van der Waals surface area contributed by atoms with Crippen LogP contribution in [0.15, 0.2) is 29.2 Å². The van der Waals surface area contributed by atoms with Crippen molar-refractivity contribution in [3.63, 3.8) is 0 Å². The summed E-state index contributed by atoms with van der Waals surface area (Å²) in [6.07, 6.45) is 0.736. The summed E-state index contributed by atoms with van der Waals surface area (Å²) in [7, 11) is -2.09. The molecule has 0 aliphatic heterocycles. The van der Waals surface area contributed by atoms with Gasteiger partial charge in [-0.25, -0.2) is 8.42 Å². The molecule has 6 nitrogen and oxygen atoms in total. The summed E-state index contributed by atoms with van der Waals surface area (Å²) in [5.41, 5.74) is 7.70. The predicted octanol–water partition coefficient (Wildman–Crippen LogP) is 1.67. The van der Waals surface area contributed by atoms with Gasteiger partial charge in [0.1, 0.15) is 0 Å². The number of aryl methyl sites for hydroxylation is 2. The summed E-state index contributed by atoms with van der Waals surface area (Å²) in [5, 5.41) is 3.94. The molecule has 0 atom stereocenters. The van der Waals surface area contributed by atoms with Gasteiger partial charge in [-0.2, -0.15) is 5.10 Å². The van der Waals surface area contributed by atoms with Gasteiger partial charge in [0, 0.05) is 7.05 Å². The van der Waals surface area contributed by atoms with Crippen molar-refractivity contribution in [2.45, 2.75) is 25.2 Å². The van der Waals surface area contributed by atoms with Crippen molar-refractivity contribution in [2.24, 2.45) is 7.05 Å². The van der Waals surface area contributed by atoms with Gasteiger partial charge in [0.05, 0.1) is 11.4 Å². The monoisotopic (exact) mass is 294 g/mol. The van der Waals surface area contributed by atoms with Gasteiger partial charge in [-0.3, -0.25) is 9.40 Å². The molecule has 1 heterocycles. The Bertz CT molecular complexity index is 735. The molecule has 0 fully saturated rings. The topological polar surface area (TPSA) is 90.0 Å². The largest absolute Gasteiger partial charge is 0.381 e. The quantitative estimate of drug-likeness (QED) is 0.897. The van der Waals surface area contributed by atoms with Crippen molar-refractivity contribution >= 4 is 21.5 Å². The maximum atomic E-state index is 12.5. The van der Waals surface area contributed by atoms with Crippen molar-refractivity contribution in [2.75, 3.05) is 10.5 Å². The first-order valence-corrected chi connectivity index (χ1v) is 7.75. The number of nitrogens with two attached hydrogens (primary N) is 1. The molecule has 2 aromatic rings. The van der Waals surface area contributed by atoms with Crippen molar-refractivity contribution in [1.29, 1.82) is 0 Å². The average molecular weight is 294 g/mol. The summed E-state index contributed by atoms with van der Waals surface area (Å²) in [5.74, 6) is 0.00600. The highest BCUT2D eigenvalue weighted by Gasteiger charge is 2.25. The van der Waals surface area contributed by atoms with Gasteiger partial charge >= 0.3 is 0 Å². The fraction of sp³-hybridized carbons (Fsp3) is 0.308. The van der Waals surface area contributed by atoms with E-state index in [2.05, 4.69) is 9.82 Å². The highest BCUT2D eigenvalue weighted by atomic mass is 32.2. The molecule has 1 aromatic heterocycles. The molecule has 7 heteroatoms. The Morgan fingerprint density at radius 1 is 1.35 bits per heavy atom. The molecule has 0 unspecified atom stereocenters. The summed E-state index contributed by atoms with van der Waals surface area (Å²) in [4.78, 5) is 0.0332. The van der Waals surface area contributed by atoms with Crippen LogP contribution in [0.25, 0.3) is 0 Å². The van der Waals surface area contributed by atoms with E-state index in [1.165, 1.54) is 4.68 Å². The van der Waals surface area contributed by atoms with Crippen molar-refractivity contribution in [3.05, 3.63) is 35.5 Å².